The Bertz CT molecular complexity index is 781. The van der Waals surface area contributed by atoms with Crippen molar-refractivity contribution in [3.8, 4) is 0 Å². The number of ether oxygens (including phenoxy) is 3. The fraction of sp³-hybridized carbons (Fsp3) is 0.500. The molecule has 33 heavy (non-hydrogen) atoms. The average Bonchev–Trinajstić information content (AvgIpc) is 3.35. The first-order valence-corrected chi connectivity index (χ1v) is 11.7. The van der Waals surface area contributed by atoms with Crippen LogP contribution in [0, 0.1) is 5.92 Å². The minimum atomic E-state index is 0. The Morgan fingerprint density at radius 3 is 2.39 bits per heavy atom. The van der Waals surface area contributed by atoms with Gasteiger partial charge in [0.05, 0.1) is 33.0 Å². The van der Waals surface area contributed by atoms with Crippen molar-refractivity contribution < 1.29 is 14.2 Å². The molecule has 0 amide bonds. The van der Waals surface area contributed by atoms with Crippen LogP contribution >= 0.6 is 24.0 Å². The number of aliphatic imine (C=N–C) groups is 1. The van der Waals surface area contributed by atoms with Gasteiger partial charge in [0, 0.05) is 32.2 Å². The molecule has 3 rings (SSSR count). The van der Waals surface area contributed by atoms with E-state index in [1.807, 2.05) is 18.2 Å². The molecule has 0 spiro atoms. The van der Waals surface area contributed by atoms with Crippen molar-refractivity contribution in [1.29, 1.82) is 0 Å². The first-order valence-electron chi connectivity index (χ1n) is 11.7. The molecule has 0 radical (unpaired) electrons. The summed E-state index contributed by atoms with van der Waals surface area (Å²) in [7, 11) is 0. The van der Waals surface area contributed by atoms with E-state index < -0.39 is 0 Å². The lowest BCUT2D eigenvalue weighted by atomic mass is 10.1. The topological polar surface area (TPSA) is 64.1 Å². The van der Waals surface area contributed by atoms with Gasteiger partial charge in [-0.3, -0.25) is 0 Å². The summed E-state index contributed by atoms with van der Waals surface area (Å²) in [5, 5.41) is 6.69. The van der Waals surface area contributed by atoms with Gasteiger partial charge in [0.2, 0.25) is 0 Å². The smallest absolute Gasteiger partial charge is 0.191 e. The summed E-state index contributed by atoms with van der Waals surface area (Å²) in [6.45, 7) is 8.92. The van der Waals surface area contributed by atoms with Crippen molar-refractivity contribution in [3.63, 3.8) is 0 Å². The van der Waals surface area contributed by atoms with E-state index in [1.165, 1.54) is 16.7 Å². The maximum absolute atomic E-state index is 5.81. The Kier molecular flexibility index (Phi) is 14.1. The van der Waals surface area contributed by atoms with Crippen LogP contribution in [-0.2, 0) is 34.0 Å². The van der Waals surface area contributed by atoms with Crippen molar-refractivity contribution in [3.05, 3.63) is 71.3 Å². The second kappa shape index (κ2) is 16.9. The van der Waals surface area contributed by atoms with Crippen LogP contribution in [0.4, 0.5) is 0 Å². The highest BCUT2D eigenvalue weighted by molar-refractivity contribution is 14.0. The van der Waals surface area contributed by atoms with Crippen LogP contribution in [0.25, 0.3) is 0 Å². The molecule has 0 saturated carbocycles. The van der Waals surface area contributed by atoms with Crippen LogP contribution in [0.5, 0.6) is 0 Å². The van der Waals surface area contributed by atoms with E-state index in [1.54, 1.807) is 0 Å². The molecule has 6 nitrogen and oxygen atoms in total. The quantitative estimate of drug-likeness (QED) is 0.161. The number of hydrogen-bond donors (Lipinski definition) is 2. The summed E-state index contributed by atoms with van der Waals surface area (Å²) in [6.07, 6.45) is 2.08. The van der Waals surface area contributed by atoms with Crippen molar-refractivity contribution in [2.24, 2.45) is 10.9 Å². The second-order valence-corrected chi connectivity index (χ2v) is 8.07. The van der Waals surface area contributed by atoms with E-state index in [2.05, 4.69) is 54.0 Å². The van der Waals surface area contributed by atoms with Crippen LogP contribution in [0.1, 0.15) is 36.5 Å². The third kappa shape index (κ3) is 11.3. The molecule has 1 heterocycles. The normalized spacial score (nSPS) is 15.8. The Labute approximate surface area is 215 Å². The minimum absolute atomic E-state index is 0. The molecule has 1 aliphatic rings. The summed E-state index contributed by atoms with van der Waals surface area (Å²) in [6, 6.07) is 18.7. The van der Waals surface area contributed by atoms with Crippen molar-refractivity contribution >= 4 is 29.9 Å². The van der Waals surface area contributed by atoms with Crippen LogP contribution in [0.3, 0.4) is 0 Å². The summed E-state index contributed by atoms with van der Waals surface area (Å²) < 4.78 is 17.0. The molecule has 0 aliphatic carbocycles. The second-order valence-electron chi connectivity index (χ2n) is 8.07. The standard InChI is InChI=1S/C26H37N3O3.HI/c1-2-27-26(28-14-6-15-30-20-25-13-16-31-21-25)29-17-22-9-11-24(12-10-22)19-32-18-23-7-4-3-5-8-23;/h3-5,7-12,25H,2,6,13-21H2,1H3,(H2,27,28,29);1H. The Morgan fingerprint density at radius 1 is 0.970 bits per heavy atom. The third-order valence-corrected chi connectivity index (χ3v) is 5.30. The van der Waals surface area contributed by atoms with Gasteiger partial charge in [-0.05, 0) is 36.5 Å². The third-order valence-electron chi connectivity index (χ3n) is 5.30. The number of nitrogens with one attached hydrogen (secondary N) is 2. The van der Waals surface area contributed by atoms with Crippen molar-refractivity contribution in [1.82, 2.24) is 10.6 Å². The molecule has 1 saturated heterocycles. The number of halogens is 1. The first kappa shape index (κ1) is 27.6. The molecule has 0 aromatic heterocycles. The van der Waals surface area contributed by atoms with Gasteiger partial charge in [0.25, 0.3) is 0 Å². The lowest BCUT2D eigenvalue weighted by Gasteiger charge is -2.12. The lowest BCUT2D eigenvalue weighted by molar-refractivity contribution is 0.0888. The summed E-state index contributed by atoms with van der Waals surface area (Å²) >= 11 is 0. The fourth-order valence-electron chi connectivity index (χ4n) is 3.46. The van der Waals surface area contributed by atoms with Crippen LogP contribution in [0.15, 0.2) is 59.6 Å². The maximum atomic E-state index is 5.81. The molecule has 2 N–H and O–H groups in total. The van der Waals surface area contributed by atoms with E-state index in [9.17, 15) is 0 Å². The minimum Gasteiger partial charge on any atom is -0.381 e. The Balaban J connectivity index is 0.00000385. The van der Waals surface area contributed by atoms with Gasteiger partial charge in [-0.2, -0.15) is 0 Å². The van der Waals surface area contributed by atoms with Crippen molar-refractivity contribution in [2.75, 3.05) is 39.5 Å². The zero-order valence-corrected chi connectivity index (χ0v) is 22.0. The molecule has 1 aliphatic heterocycles. The molecule has 7 heteroatoms. The van der Waals surface area contributed by atoms with Gasteiger partial charge >= 0.3 is 0 Å². The zero-order chi connectivity index (χ0) is 22.3. The number of nitrogens with zero attached hydrogens (tertiary/aromatic N) is 1. The molecule has 0 bridgehead atoms. The number of hydrogen-bond acceptors (Lipinski definition) is 4. The highest BCUT2D eigenvalue weighted by Crippen LogP contribution is 2.12. The summed E-state index contributed by atoms with van der Waals surface area (Å²) in [5.41, 5.74) is 3.54. The molecule has 1 fully saturated rings. The fourth-order valence-corrected chi connectivity index (χ4v) is 3.46. The van der Waals surface area contributed by atoms with Gasteiger partial charge in [-0.15, -0.1) is 24.0 Å². The SMILES string of the molecule is CCNC(=NCc1ccc(COCc2ccccc2)cc1)NCCCOCC1CCOC1.I. The molecule has 1 unspecified atom stereocenters. The van der Waals surface area contributed by atoms with Gasteiger partial charge in [0.1, 0.15) is 0 Å². The van der Waals surface area contributed by atoms with E-state index >= 15 is 0 Å². The Hall–Kier alpha value is -1.68. The van der Waals surface area contributed by atoms with E-state index in [-0.39, 0.29) is 24.0 Å². The number of guanidine groups is 1. The molecule has 182 valence electrons. The average molecular weight is 568 g/mol. The largest absolute Gasteiger partial charge is 0.381 e. The molecular formula is C26H38IN3O3. The van der Waals surface area contributed by atoms with Gasteiger partial charge in [0.15, 0.2) is 5.96 Å². The predicted octanol–water partition coefficient (Wildman–Crippen LogP) is 4.52. The van der Waals surface area contributed by atoms with Crippen LogP contribution in [-0.4, -0.2) is 45.5 Å². The van der Waals surface area contributed by atoms with E-state index in [0.717, 1.165) is 58.3 Å². The van der Waals surface area contributed by atoms with Gasteiger partial charge in [-0.1, -0.05) is 54.6 Å². The van der Waals surface area contributed by atoms with Gasteiger partial charge in [-0.25, -0.2) is 4.99 Å². The Morgan fingerprint density at radius 2 is 1.70 bits per heavy atom. The molecule has 2 aromatic carbocycles. The number of benzene rings is 2. The van der Waals surface area contributed by atoms with Crippen molar-refractivity contribution in [2.45, 2.75) is 39.5 Å². The monoisotopic (exact) mass is 567 g/mol. The highest BCUT2D eigenvalue weighted by Gasteiger charge is 2.15. The lowest BCUT2D eigenvalue weighted by Crippen LogP contribution is -2.38. The van der Waals surface area contributed by atoms with E-state index in [4.69, 9.17) is 19.2 Å². The summed E-state index contributed by atoms with van der Waals surface area (Å²) in [5.74, 6) is 1.41. The summed E-state index contributed by atoms with van der Waals surface area (Å²) in [4.78, 5) is 4.70. The first-order chi connectivity index (χ1) is 15.8. The molecule has 2 aromatic rings. The molecular weight excluding hydrogens is 529 g/mol. The highest BCUT2D eigenvalue weighted by atomic mass is 127. The predicted molar refractivity (Wildman–Crippen MR) is 144 cm³/mol. The maximum Gasteiger partial charge on any atom is 0.191 e. The van der Waals surface area contributed by atoms with E-state index in [0.29, 0.717) is 25.7 Å². The van der Waals surface area contributed by atoms with Crippen LogP contribution in [0.2, 0.25) is 0 Å². The zero-order valence-electron chi connectivity index (χ0n) is 19.6. The van der Waals surface area contributed by atoms with Gasteiger partial charge < -0.3 is 24.8 Å². The number of rotatable bonds is 13. The van der Waals surface area contributed by atoms with Crippen LogP contribution < -0.4 is 10.6 Å². The molecule has 1 atom stereocenters.